The van der Waals surface area contributed by atoms with Crippen molar-refractivity contribution < 1.29 is 23.5 Å². The number of methoxy groups -OCH3 is 1. The molecule has 0 unspecified atom stereocenters. The van der Waals surface area contributed by atoms with Crippen LogP contribution in [0.4, 0.5) is 14.9 Å². The Morgan fingerprint density at radius 3 is 2.68 bits per heavy atom. The number of halogens is 1. The standard InChI is InChI=1S/C20H17FN2O4S/c1-12-9-13(7-8-16(12)27-2)10-17-19(25)23(20(26)28-17)11-18(24)22-15-6-4-3-5-14(15)21/h3-10H,11H2,1-2H3,(H,22,24)/b17-10+. The van der Waals surface area contributed by atoms with Gasteiger partial charge < -0.3 is 10.1 Å². The first-order chi connectivity index (χ1) is 13.4. The molecule has 2 aromatic rings. The second-order valence-electron chi connectivity index (χ2n) is 6.02. The Hall–Kier alpha value is -3.13. The van der Waals surface area contributed by atoms with Crippen molar-refractivity contribution in [1.29, 1.82) is 0 Å². The largest absolute Gasteiger partial charge is 0.496 e. The SMILES string of the molecule is COc1ccc(/C=C2/SC(=O)N(CC(=O)Nc3ccccc3F)C2=O)cc1C. The minimum atomic E-state index is -0.658. The van der Waals surface area contributed by atoms with Gasteiger partial charge in [-0.3, -0.25) is 19.3 Å². The second-order valence-corrected chi connectivity index (χ2v) is 7.02. The molecule has 0 aliphatic carbocycles. The van der Waals surface area contributed by atoms with Crippen LogP contribution in [-0.2, 0) is 9.59 Å². The summed E-state index contributed by atoms with van der Waals surface area (Å²) in [7, 11) is 1.57. The lowest BCUT2D eigenvalue weighted by atomic mass is 10.1. The molecule has 0 aromatic heterocycles. The molecule has 3 amide bonds. The molecule has 3 rings (SSSR count). The van der Waals surface area contributed by atoms with Crippen LogP contribution in [0.3, 0.4) is 0 Å². The summed E-state index contributed by atoms with van der Waals surface area (Å²) < 4.78 is 18.8. The lowest BCUT2D eigenvalue weighted by molar-refractivity contribution is -0.127. The van der Waals surface area contributed by atoms with Gasteiger partial charge in [-0.05, 0) is 60.2 Å². The molecule has 8 heteroatoms. The zero-order valence-corrected chi connectivity index (χ0v) is 16.0. The lowest BCUT2D eigenvalue weighted by Gasteiger charge is -2.12. The molecular formula is C20H17FN2O4S. The third-order valence-corrected chi connectivity index (χ3v) is 4.95. The van der Waals surface area contributed by atoms with E-state index in [4.69, 9.17) is 4.74 Å². The van der Waals surface area contributed by atoms with E-state index in [0.29, 0.717) is 0 Å². The molecule has 1 fully saturated rings. The van der Waals surface area contributed by atoms with Crippen molar-refractivity contribution in [3.8, 4) is 5.75 Å². The Bertz CT molecular complexity index is 990. The number of rotatable bonds is 5. The molecule has 1 N–H and O–H groups in total. The van der Waals surface area contributed by atoms with Gasteiger partial charge in [-0.15, -0.1) is 0 Å². The summed E-state index contributed by atoms with van der Waals surface area (Å²) in [5.74, 6) is -1.10. The van der Waals surface area contributed by atoms with Gasteiger partial charge in [0.15, 0.2) is 0 Å². The number of imide groups is 1. The van der Waals surface area contributed by atoms with Crippen molar-refractivity contribution in [3.63, 3.8) is 0 Å². The van der Waals surface area contributed by atoms with Gasteiger partial charge in [0, 0.05) is 0 Å². The van der Waals surface area contributed by atoms with E-state index >= 15 is 0 Å². The van der Waals surface area contributed by atoms with E-state index in [1.165, 1.54) is 18.2 Å². The summed E-state index contributed by atoms with van der Waals surface area (Å²) in [5.41, 5.74) is 1.61. The minimum Gasteiger partial charge on any atom is -0.496 e. The first-order valence-corrected chi connectivity index (χ1v) is 9.15. The minimum absolute atomic E-state index is 0.0104. The van der Waals surface area contributed by atoms with Crippen LogP contribution in [-0.4, -0.2) is 35.6 Å². The number of nitrogens with one attached hydrogen (secondary N) is 1. The van der Waals surface area contributed by atoms with Crippen molar-refractivity contribution in [2.24, 2.45) is 0 Å². The van der Waals surface area contributed by atoms with Crippen LogP contribution in [0.25, 0.3) is 6.08 Å². The highest BCUT2D eigenvalue weighted by molar-refractivity contribution is 8.18. The number of amides is 3. The maximum absolute atomic E-state index is 13.6. The van der Waals surface area contributed by atoms with Crippen LogP contribution >= 0.6 is 11.8 Å². The Morgan fingerprint density at radius 1 is 1.25 bits per heavy atom. The summed E-state index contributed by atoms with van der Waals surface area (Å²) >= 11 is 0.757. The fraction of sp³-hybridized carbons (Fsp3) is 0.150. The van der Waals surface area contributed by atoms with Crippen LogP contribution in [0.1, 0.15) is 11.1 Å². The van der Waals surface area contributed by atoms with E-state index in [0.717, 1.165) is 33.5 Å². The average Bonchev–Trinajstić information content (AvgIpc) is 2.91. The van der Waals surface area contributed by atoms with Crippen LogP contribution in [0.15, 0.2) is 47.4 Å². The zero-order valence-electron chi connectivity index (χ0n) is 15.2. The van der Waals surface area contributed by atoms with Crippen molar-refractivity contribution in [3.05, 3.63) is 64.3 Å². The summed E-state index contributed by atoms with van der Waals surface area (Å²) in [6.07, 6.45) is 1.59. The van der Waals surface area contributed by atoms with Gasteiger partial charge in [-0.25, -0.2) is 4.39 Å². The predicted octanol–water partition coefficient (Wildman–Crippen LogP) is 3.82. The molecule has 6 nitrogen and oxygen atoms in total. The highest BCUT2D eigenvalue weighted by Gasteiger charge is 2.36. The van der Waals surface area contributed by atoms with Crippen LogP contribution in [0.2, 0.25) is 0 Å². The van der Waals surface area contributed by atoms with Crippen molar-refractivity contribution in [2.75, 3.05) is 19.0 Å². The number of hydrogen-bond donors (Lipinski definition) is 1. The Balaban J connectivity index is 1.72. The van der Waals surface area contributed by atoms with E-state index in [-0.39, 0.29) is 10.6 Å². The first-order valence-electron chi connectivity index (χ1n) is 8.33. The van der Waals surface area contributed by atoms with Gasteiger partial charge in [0.2, 0.25) is 5.91 Å². The maximum Gasteiger partial charge on any atom is 0.294 e. The number of thioether (sulfide) groups is 1. The summed E-state index contributed by atoms with van der Waals surface area (Å²) in [4.78, 5) is 37.9. The molecule has 28 heavy (non-hydrogen) atoms. The Kier molecular flexibility index (Phi) is 5.79. The molecule has 1 saturated heterocycles. The summed E-state index contributed by atoms with van der Waals surface area (Å²) in [6, 6.07) is 11.0. The molecule has 0 radical (unpaired) electrons. The van der Waals surface area contributed by atoms with Gasteiger partial charge in [-0.1, -0.05) is 18.2 Å². The normalized spacial score (nSPS) is 15.2. The molecule has 0 atom stereocenters. The van der Waals surface area contributed by atoms with E-state index in [1.54, 1.807) is 31.4 Å². The van der Waals surface area contributed by atoms with Crippen molar-refractivity contribution in [1.82, 2.24) is 4.90 Å². The molecule has 1 aliphatic heterocycles. The Morgan fingerprint density at radius 2 is 2.00 bits per heavy atom. The number of aryl methyl sites for hydroxylation is 1. The lowest BCUT2D eigenvalue weighted by Crippen LogP contribution is -2.36. The number of carbonyl (C=O) groups excluding carboxylic acids is 3. The van der Waals surface area contributed by atoms with E-state index < -0.39 is 29.4 Å². The number of ether oxygens (including phenoxy) is 1. The third kappa shape index (κ3) is 4.23. The molecule has 1 heterocycles. The number of benzene rings is 2. The third-order valence-electron chi connectivity index (χ3n) is 4.04. The van der Waals surface area contributed by atoms with Crippen LogP contribution < -0.4 is 10.1 Å². The van der Waals surface area contributed by atoms with Gasteiger partial charge in [0.05, 0.1) is 17.7 Å². The number of hydrogen-bond acceptors (Lipinski definition) is 5. The van der Waals surface area contributed by atoms with Gasteiger partial charge >= 0.3 is 0 Å². The van der Waals surface area contributed by atoms with Gasteiger partial charge in [0.25, 0.3) is 11.1 Å². The summed E-state index contributed by atoms with van der Waals surface area (Å²) in [5, 5.41) is 1.81. The fourth-order valence-electron chi connectivity index (χ4n) is 2.67. The molecule has 1 aliphatic rings. The van der Waals surface area contributed by atoms with Crippen molar-refractivity contribution >= 4 is 40.6 Å². The molecule has 2 aromatic carbocycles. The van der Waals surface area contributed by atoms with Gasteiger partial charge in [-0.2, -0.15) is 0 Å². The molecule has 0 bridgehead atoms. The smallest absolute Gasteiger partial charge is 0.294 e. The quantitative estimate of drug-likeness (QED) is 0.773. The fourth-order valence-corrected chi connectivity index (χ4v) is 3.51. The topological polar surface area (TPSA) is 75.7 Å². The number of para-hydroxylation sites is 1. The molecule has 144 valence electrons. The van der Waals surface area contributed by atoms with E-state index in [9.17, 15) is 18.8 Å². The van der Waals surface area contributed by atoms with Crippen LogP contribution in [0, 0.1) is 12.7 Å². The monoisotopic (exact) mass is 400 g/mol. The maximum atomic E-state index is 13.6. The highest BCUT2D eigenvalue weighted by Crippen LogP contribution is 2.32. The van der Waals surface area contributed by atoms with Crippen molar-refractivity contribution in [2.45, 2.75) is 6.92 Å². The van der Waals surface area contributed by atoms with Crippen LogP contribution in [0.5, 0.6) is 5.75 Å². The Labute approximate surface area is 165 Å². The first kappa shape index (κ1) is 19.6. The van der Waals surface area contributed by atoms with E-state index in [1.807, 2.05) is 13.0 Å². The highest BCUT2D eigenvalue weighted by atomic mass is 32.2. The average molecular weight is 400 g/mol. The number of anilines is 1. The molecular weight excluding hydrogens is 383 g/mol. The number of carbonyl (C=O) groups is 3. The summed E-state index contributed by atoms with van der Waals surface area (Å²) in [6.45, 7) is 1.38. The van der Waals surface area contributed by atoms with Gasteiger partial charge in [0.1, 0.15) is 18.1 Å². The number of nitrogens with zero attached hydrogens (tertiary/aromatic N) is 1. The zero-order chi connectivity index (χ0) is 20.3. The molecule has 0 spiro atoms. The second kappa shape index (κ2) is 8.26. The molecule has 0 saturated carbocycles. The predicted molar refractivity (Wildman–Crippen MR) is 105 cm³/mol. The van der Waals surface area contributed by atoms with E-state index in [2.05, 4.69) is 5.32 Å².